The fourth-order valence-corrected chi connectivity index (χ4v) is 4.61. The third-order valence-electron chi connectivity index (χ3n) is 6.17. The highest BCUT2D eigenvalue weighted by Gasteiger charge is 2.39. The summed E-state index contributed by atoms with van der Waals surface area (Å²) in [4.78, 5) is 40.2. The highest BCUT2D eigenvalue weighted by atomic mass is 19.4. The summed E-state index contributed by atoms with van der Waals surface area (Å²) >= 11 is 0. The van der Waals surface area contributed by atoms with E-state index in [9.17, 15) is 31.9 Å². The van der Waals surface area contributed by atoms with E-state index in [1.165, 1.54) is 17.0 Å². The first kappa shape index (κ1) is 22.9. The number of amides is 2. The number of aromatic nitrogens is 2. The molecule has 2 aliphatic heterocycles. The van der Waals surface area contributed by atoms with E-state index in [-0.39, 0.29) is 42.2 Å². The zero-order chi connectivity index (χ0) is 23.9. The van der Waals surface area contributed by atoms with Crippen molar-refractivity contribution in [3.05, 3.63) is 62.8 Å². The van der Waals surface area contributed by atoms with Gasteiger partial charge in [0.25, 0.3) is 11.5 Å². The summed E-state index contributed by atoms with van der Waals surface area (Å²) in [6, 6.07) is 4.25. The van der Waals surface area contributed by atoms with Gasteiger partial charge in [0.2, 0.25) is 5.91 Å². The Bertz CT molecular complexity index is 1150. The van der Waals surface area contributed by atoms with Gasteiger partial charge in [-0.2, -0.15) is 18.3 Å². The smallest absolute Gasteiger partial charge is 0.334 e. The molecule has 3 heterocycles. The molecule has 1 aromatic heterocycles. The molecule has 33 heavy (non-hydrogen) atoms. The number of rotatable bonds is 3. The lowest BCUT2D eigenvalue weighted by atomic mass is 9.93. The quantitative estimate of drug-likeness (QED) is 0.705. The number of alkyl halides is 3. The van der Waals surface area contributed by atoms with Crippen molar-refractivity contribution in [3.8, 4) is 0 Å². The molecule has 2 aliphatic rings. The van der Waals surface area contributed by atoms with Crippen LogP contribution in [0.25, 0.3) is 0 Å². The summed E-state index contributed by atoms with van der Waals surface area (Å²) in [5.41, 5.74) is -2.76. The van der Waals surface area contributed by atoms with E-state index in [1.807, 2.05) is 12.0 Å². The van der Waals surface area contributed by atoms with Gasteiger partial charge in [-0.05, 0) is 49.9 Å². The molecule has 0 unspecified atom stereocenters. The van der Waals surface area contributed by atoms with Crippen LogP contribution in [-0.4, -0.2) is 57.0 Å². The van der Waals surface area contributed by atoms with Crippen molar-refractivity contribution in [2.24, 2.45) is 0 Å². The van der Waals surface area contributed by atoms with Crippen molar-refractivity contribution in [3.63, 3.8) is 0 Å². The van der Waals surface area contributed by atoms with Crippen LogP contribution < -0.4 is 5.56 Å². The van der Waals surface area contributed by atoms with Crippen molar-refractivity contribution in [1.29, 1.82) is 0 Å². The van der Waals surface area contributed by atoms with Gasteiger partial charge in [-0.25, -0.2) is 9.49 Å². The highest BCUT2D eigenvalue weighted by Crippen LogP contribution is 2.29. The molecular formula is C22H22F4N4O3. The maximum absolute atomic E-state index is 14.5. The molecule has 2 atom stereocenters. The number of fused-ring (bicyclic) bond motifs is 1. The fraction of sp³-hybridized carbons (Fsp3) is 0.455. The summed E-state index contributed by atoms with van der Waals surface area (Å²) < 4.78 is 53.5. The number of halogens is 4. The number of carbonyl (C=O) groups excluding carboxylic acids is 2. The SMILES string of the molecule is C[C@H]1CCC[C@H]2CN(C(=O)c3cc(Cc4cc(C(F)(F)F)c(=O)[nH]n4)ccc3F)CC(=O)N21. The largest absolute Gasteiger partial charge is 0.421 e. The molecule has 176 valence electrons. The molecule has 0 bridgehead atoms. The third kappa shape index (κ3) is 4.62. The van der Waals surface area contributed by atoms with Crippen molar-refractivity contribution in [2.45, 2.75) is 50.9 Å². The normalized spacial score (nSPS) is 21.2. The van der Waals surface area contributed by atoms with Crippen LogP contribution in [0.4, 0.5) is 17.6 Å². The van der Waals surface area contributed by atoms with E-state index in [2.05, 4.69) is 5.10 Å². The molecule has 0 saturated carbocycles. The van der Waals surface area contributed by atoms with Crippen LogP contribution in [0.15, 0.2) is 29.1 Å². The van der Waals surface area contributed by atoms with Gasteiger partial charge in [-0.1, -0.05) is 6.07 Å². The molecule has 0 radical (unpaired) electrons. The Kier molecular flexibility index (Phi) is 5.98. The van der Waals surface area contributed by atoms with E-state index < -0.39 is 29.0 Å². The molecule has 0 spiro atoms. The number of piperidine rings is 1. The molecular weight excluding hydrogens is 444 g/mol. The van der Waals surface area contributed by atoms with Crippen LogP contribution in [0.2, 0.25) is 0 Å². The number of H-pyrrole nitrogens is 1. The number of nitrogens with one attached hydrogen (secondary N) is 1. The van der Waals surface area contributed by atoms with Crippen molar-refractivity contribution >= 4 is 11.8 Å². The molecule has 2 aromatic rings. The number of piperazine rings is 1. The van der Waals surface area contributed by atoms with Crippen LogP contribution in [-0.2, 0) is 17.4 Å². The lowest BCUT2D eigenvalue weighted by Gasteiger charge is -2.47. The topological polar surface area (TPSA) is 86.4 Å². The molecule has 1 aromatic carbocycles. The Morgan fingerprint density at radius 1 is 1.21 bits per heavy atom. The maximum Gasteiger partial charge on any atom is 0.421 e. The Hall–Kier alpha value is -3.24. The number of nitrogens with zero attached hydrogens (tertiary/aromatic N) is 3. The summed E-state index contributed by atoms with van der Waals surface area (Å²) in [5, 5.41) is 5.43. The molecule has 4 rings (SSSR count). The van der Waals surface area contributed by atoms with Gasteiger partial charge >= 0.3 is 6.18 Å². The average molecular weight is 466 g/mol. The number of aromatic amines is 1. The Balaban J connectivity index is 1.56. The first-order chi connectivity index (χ1) is 15.5. The summed E-state index contributed by atoms with van der Waals surface area (Å²) in [6.07, 6.45) is -2.40. The van der Waals surface area contributed by atoms with E-state index >= 15 is 0 Å². The van der Waals surface area contributed by atoms with Crippen molar-refractivity contribution in [1.82, 2.24) is 20.0 Å². The Labute approximate surface area is 186 Å². The monoisotopic (exact) mass is 466 g/mol. The molecule has 2 fully saturated rings. The van der Waals surface area contributed by atoms with Crippen LogP contribution in [0.3, 0.4) is 0 Å². The third-order valence-corrected chi connectivity index (χ3v) is 6.17. The first-order valence-electron chi connectivity index (χ1n) is 10.6. The van der Waals surface area contributed by atoms with Crippen LogP contribution >= 0.6 is 0 Å². The average Bonchev–Trinajstić information content (AvgIpc) is 2.75. The van der Waals surface area contributed by atoms with Crippen molar-refractivity contribution < 1.29 is 27.2 Å². The maximum atomic E-state index is 14.5. The number of carbonyl (C=O) groups is 2. The van der Waals surface area contributed by atoms with Crippen LogP contribution in [0, 0.1) is 5.82 Å². The molecule has 2 saturated heterocycles. The molecule has 0 aliphatic carbocycles. The zero-order valence-corrected chi connectivity index (χ0v) is 17.8. The molecule has 7 nitrogen and oxygen atoms in total. The van der Waals surface area contributed by atoms with Gasteiger partial charge in [0.1, 0.15) is 17.9 Å². The van der Waals surface area contributed by atoms with Gasteiger partial charge in [0, 0.05) is 25.0 Å². The summed E-state index contributed by atoms with van der Waals surface area (Å²) in [5.74, 6) is -1.62. The Morgan fingerprint density at radius 3 is 2.70 bits per heavy atom. The molecule has 1 N–H and O–H groups in total. The minimum atomic E-state index is -4.85. The highest BCUT2D eigenvalue weighted by molar-refractivity contribution is 5.97. The number of benzene rings is 1. The molecule has 2 amide bonds. The van der Waals surface area contributed by atoms with E-state index in [1.54, 1.807) is 4.90 Å². The standard InChI is InChI=1S/C22H22F4N4O3/c1-12-3-2-4-15-10-29(11-19(31)30(12)15)21(33)16-8-13(5-6-18(16)23)7-14-9-17(22(24,25)26)20(32)28-27-14/h5-6,8-9,12,15H,2-4,7,10-11H2,1H3,(H,28,32)/t12-,15-/m0/s1. The predicted octanol–water partition coefficient (Wildman–Crippen LogP) is 2.74. The lowest BCUT2D eigenvalue weighted by molar-refractivity contribution is -0.143. The van der Waals surface area contributed by atoms with E-state index in [0.717, 1.165) is 25.3 Å². The van der Waals surface area contributed by atoms with E-state index in [4.69, 9.17) is 0 Å². The zero-order valence-electron chi connectivity index (χ0n) is 17.8. The first-order valence-corrected chi connectivity index (χ1v) is 10.6. The van der Waals surface area contributed by atoms with Crippen molar-refractivity contribution in [2.75, 3.05) is 13.1 Å². The van der Waals surface area contributed by atoms with Gasteiger partial charge in [-0.15, -0.1) is 0 Å². The predicted molar refractivity (Wildman–Crippen MR) is 109 cm³/mol. The summed E-state index contributed by atoms with van der Waals surface area (Å²) in [7, 11) is 0. The summed E-state index contributed by atoms with van der Waals surface area (Å²) in [6.45, 7) is 2.12. The number of hydrogen-bond acceptors (Lipinski definition) is 4. The second-order valence-electron chi connectivity index (χ2n) is 8.51. The van der Waals surface area contributed by atoms with Crippen LogP contribution in [0.1, 0.15) is 53.4 Å². The van der Waals surface area contributed by atoms with Crippen LogP contribution in [0.5, 0.6) is 0 Å². The second kappa shape index (κ2) is 8.60. The minimum Gasteiger partial charge on any atom is -0.334 e. The lowest BCUT2D eigenvalue weighted by Crippen LogP contribution is -2.61. The molecule has 11 heteroatoms. The van der Waals surface area contributed by atoms with Gasteiger partial charge in [0.15, 0.2) is 0 Å². The van der Waals surface area contributed by atoms with Gasteiger partial charge < -0.3 is 9.80 Å². The number of hydrogen-bond donors (Lipinski definition) is 1. The van der Waals surface area contributed by atoms with E-state index in [0.29, 0.717) is 18.2 Å². The Morgan fingerprint density at radius 2 is 1.97 bits per heavy atom. The van der Waals surface area contributed by atoms with Gasteiger partial charge in [-0.3, -0.25) is 14.4 Å². The minimum absolute atomic E-state index is 0.0908. The fourth-order valence-electron chi connectivity index (χ4n) is 4.61. The second-order valence-corrected chi connectivity index (χ2v) is 8.51. The van der Waals surface area contributed by atoms with Gasteiger partial charge in [0.05, 0.1) is 11.3 Å².